The Labute approximate surface area is 173 Å². The smallest absolute Gasteiger partial charge is 0.318 e. The van der Waals surface area contributed by atoms with Gasteiger partial charge in [-0.05, 0) is 43.4 Å². The van der Waals surface area contributed by atoms with Gasteiger partial charge < -0.3 is 5.73 Å². The third kappa shape index (κ3) is 3.77. The Morgan fingerprint density at radius 1 is 1.28 bits per heavy atom. The molecule has 29 heavy (non-hydrogen) atoms. The second-order valence-corrected chi connectivity index (χ2v) is 8.60. The molecule has 0 saturated heterocycles. The maximum Gasteiger partial charge on any atom is 0.318 e. The largest absolute Gasteiger partial charge is 0.351 e. The highest BCUT2D eigenvalue weighted by atomic mass is 32.2. The molecular weight excluding hydrogens is 415 g/mol. The maximum atomic E-state index is 14.5. The van der Waals surface area contributed by atoms with E-state index in [0.717, 1.165) is 47.9 Å². The fourth-order valence-electron chi connectivity index (χ4n) is 3.43. The van der Waals surface area contributed by atoms with E-state index in [1.54, 1.807) is 6.07 Å². The normalized spacial score (nSPS) is 13.3. The Kier molecular flexibility index (Phi) is 5.37. The minimum atomic E-state index is -0.962. The highest BCUT2D eigenvalue weighted by Crippen LogP contribution is 2.35. The average molecular weight is 433 g/mol. The van der Waals surface area contributed by atoms with Gasteiger partial charge in [-0.25, -0.2) is 14.2 Å². The summed E-state index contributed by atoms with van der Waals surface area (Å²) in [7, 11) is 0. The average Bonchev–Trinajstić information content (AvgIpc) is 3.05. The van der Waals surface area contributed by atoms with Crippen LogP contribution >= 0.6 is 23.1 Å². The summed E-state index contributed by atoms with van der Waals surface area (Å²) < 4.78 is 15.7. The van der Waals surface area contributed by atoms with Crippen LogP contribution in [0.5, 0.6) is 0 Å². The highest BCUT2D eigenvalue weighted by molar-refractivity contribution is 7.99. The third-order valence-electron chi connectivity index (χ3n) is 4.65. The van der Waals surface area contributed by atoms with Crippen molar-refractivity contribution in [1.82, 2.24) is 14.9 Å². The summed E-state index contributed by atoms with van der Waals surface area (Å²) in [6, 6.07) is 4.97. The number of primary amides is 1. The molecule has 3 N–H and O–H groups in total. The van der Waals surface area contributed by atoms with Gasteiger partial charge in [-0.3, -0.25) is 19.5 Å². The van der Waals surface area contributed by atoms with Gasteiger partial charge in [0.15, 0.2) is 5.16 Å². The first-order valence-electron chi connectivity index (χ1n) is 9.00. The monoisotopic (exact) mass is 432 g/mol. The number of nitrogens with one attached hydrogen (secondary N) is 1. The number of benzene rings is 1. The van der Waals surface area contributed by atoms with E-state index in [1.165, 1.54) is 34.1 Å². The number of aryl methyl sites for hydroxylation is 2. The lowest BCUT2D eigenvalue weighted by atomic mass is 9.97. The molecule has 0 fully saturated rings. The van der Waals surface area contributed by atoms with E-state index < -0.39 is 17.8 Å². The molecule has 1 aliphatic rings. The van der Waals surface area contributed by atoms with Gasteiger partial charge in [-0.1, -0.05) is 23.9 Å². The summed E-state index contributed by atoms with van der Waals surface area (Å²) in [5.74, 6) is -1.38. The third-order valence-corrected chi connectivity index (χ3v) is 6.77. The SMILES string of the molecule is NC(=O)NC(=O)CSc1nc2sc3c(c2c(=O)n1-c1ccccc1F)CCCC3. The Hall–Kier alpha value is -2.72. The molecular formula is C19H17FN4O3S2. The van der Waals surface area contributed by atoms with E-state index in [2.05, 4.69) is 4.98 Å². The van der Waals surface area contributed by atoms with Crippen LogP contribution in [0.2, 0.25) is 0 Å². The summed E-state index contributed by atoms with van der Waals surface area (Å²) in [5.41, 5.74) is 5.68. The molecule has 2 aromatic heterocycles. The van der Waals surface area contributed by atoms with E-state index in [9.17, 15) is 18.8 Å². The number of rotatable bonds is 4. The van der Waals surface area contributed by atoms with Crippen molar-refractivity contribution in [3.05, 3.63) is 50.9 Å². The number of urea groups is 1. The van der Waals surface area contributed by atoms with Crippen molar-refractivity contribution in [3.8, 4) is 5.69 Å². The van der Waals surface area contributed by atoms with Crippen LogP contribution in [-0.2, 0) is 17.6 Å². The Morgan fingerprint density at radius 2 is 2.03 bits per heavy atom. The Balaban J connectivity index is 1.87. The minimum absolute atomic E-state index is 0.0699. The number of para-hydroxylation sites is 1. The van der Waals surface area contributed by atoms with Gasteiger partial charge in [0.2, 0.25) is 5.91 Å². The molecule has 1 aromatic carbocycles. The van der Waals surface area contributed by atoms with Crippen molar-refractivity contribution >= 4 is 45.3 Å². The van der Waals surface area contributed by atoms with E-state index in [0.29, 0.717) is 10.2 Å². The number of thiophene rings is 1. The number of thioether (sulfide) groups is 1. The standard InChI is InChI=1S/C19H17FN4O3S2/c20-11-6-2-3-7-12(11)24-17(26)15-10-5-1-4-8-13(10)29-16(15)23-19(24)28-9-14(25)22-18(21)27/h2-3,6-7H,1,4-5,8-9H2,(H3,21,22,25,27). The molecule has 0 aliphatic heterocycles. The topological polar surface area (TPSA) is 107 Å². The molecule has 1 aliphatic carbocycles. The molecule has 3 aromatic rings. The van der Waals surface area contributed by atoms with Crippen LogP contribution in [0, 0.1) is 5.82 Å². The molecule has 0 bridgehead atoms. The Morgan fingerprint density at radius 3 is 2.79 bits per heavy atom. The molecule has 0 radical (unpaired) electrons. The quantitative estimate of drug-likeness (QED) is 0.487. The van der Waals surface area contributed by atoms with Gasteiger partial charge in [-0.2, -0.15) is 0 Å². The predicted molar refractivity (Wildman–Crippen MR) is 110 cm³/mol. The highest BCUT2D eigenvalue weighted by Gasteiger charge is 2.24. The van der Waals surface area contributed by atoms with Crippen LogP contribution in [0.25, 0.3) is 15.9 Å². The van der Waals surface area contributed by atoms with Crippen LogP contribution in [0.4, 0.5) is 9.18 Å². The van der Waals surface area contributed by atoms with Crippen LogP contribution in [0.3, 0.4) is 0 Å². The lowest BCUT2D eigenvalue weighted by Gasteiger charge is -2.14. The summed E-state index contributed by atoms with van der Waals surface area (Å²) >= 11 is 2.42. The first-order valence-corrected chi connectivity index (χ1v) is 10.8. The molecule has 2 heterocycles. The molecule has 3 amide bonds. The van der Waals surface area contributed by atoms with E-state index >= 15 is 0 Å². The van der Waals surface area contributed by atoms with Gasteiger partial charge in [-0.15, -0.1) is 11.3 Å². The zero-order valence-corrected chi connectivity index (χ0v) is 16.9. The number of hydrogen-bond donors (Lipinski definition) is 2. The van der Waals surface area contributed by atoms with Gasteiger partial charge >= 0.3 is 6.03 Å². The van der Waals surface area contributed by atoms with Crippen LogP contribution < -0.4 is 16.6 Å². The first-order chi connectivity index (χ1) is 14.0. The number of aromatic nitrogens is 2. The molecule has 0 atom stereocenters. The lowest BCUT2D eigenvalue weighted by Crippen LogP contribution is -2.36. The zero-order valence-electron chi connectivity index (χ0n) is 15.2. The Bertz CT molecular complexity index is 1190. The summed E-state index contributed by atoms with van der Waals surface area (Å²) in [5, 5.41) is 2.68. The number of carbonyl (C=O) groups excluding carboxylic acids is 2. The molecule has 0 spiro atoms. The molecule has 4 rings (SSSR count). The van der Waals surface area contributed by atoms with E-state index in [1.807, 2.05) is 5.32 Å². The van der Waals surface area contributed by atoms with Crippen LogP contribution in [0.1, 0.15) is 23.3 Å². The van der Waals surface area contributed by atoms with Crippen LogP contribution in [-0.4, -0.2) is 27.2 Å². The zero-order chi connectivity index (χ0) is 20.5. The minimum Gasteiger partial charge on any atom is -0.351 e. The van der Waals surface area contributed by atoms with Gasteiger partial charge in [0.05, 0.1) is 16.8 Å². The van der Waals surface area contributed by atoms with E-state index in [-0.39, 0.29) is 22.2 Å². The second-order valence-electron chi connectivity index (χ2n) is 6.58. The van der Waals surface area contributed by atoms with Crippen molar-refractivity contribution in [2.24, 2.45) is 5.73 Å². The molecule has 10 heteroatoms. The fourth-order valence-corrected chi connectivity index (χ4v) is 5.54. The first kappa shape index (κ1) is 19.6. The maximum absolute atomic E-state index is 14.5. The molecule has 0 unspecified atom stereocenters. The molecule has 0 saturated carbocycles. The van der Waals surface area contributed by atoms with Crippen molar-refractivity contribution in [3.63, 3.8) is 0 Å². The van der Waals surface area contributed by atoms with Crippen molar-refractivity contribution in [2.45, 2.75) is 30.8 Å². The number of halogens is 1. The van der Waals surface area contributed by atoms with Crippen molar-refractivity contribution in [1.29, 1.82) is 0 Å². The summed E-state index contributed by atoms with van der Waals surface area (Å²) in [6.07, 6.45) is 3.77. The van der Waals surface area contributed by atoms with Crippen molar-refractivity contribution < 1.29 is 14.0 Å². The number of amides is 3. The lowest BCUT2D eigenvalue weighted by molar-refractivity contribution is -0.117. The van der Waals surface area contributed by atoms with Crippen molar-refractivity contribution in [2.75, 3.05) is 5.75 Å². The second kappa shape index (κ2) is 7.96. The molecule has 7 nitrogen and oxygen atoms in total. The number of carbonyl (C=O) groups is 2. The number of fused-ring (bicyclic) bond motifs is 3. The fraction of sp³-hybridized carbons (Fsp3) is 0.263. The number of hydrogen-bond acceptors (Lipinski definition) is 6. The van der Waals surface area contributed by atoms with Gasteiger partial charge in [0.1, 0.15) is 10.6 Å². The van der Waals surface area contributed by atoms with Gasteiger partial charge in [0, 0.05) is 4.88 Å². The van der Waals surface area contributed by atoms with Gasteiger partial charge in [0.25, 0.3) is 5.56 Å². The van der Waals surface area contributed by atoms with E-state index in [4.69, 9.17) is 5.73 Å². The predicted octanol–water partition coefficient (Wildman–Crippen LogP) is 2.75. The molecule has 150 valence electrons. The summed E-state index contributed by atoms with van der Waals surface area (Å²) in [6.45, 7) is 0. The number of nitrogens with two attached hydrogens (primary N) is 1. The summed E-state index contributed by atoms with van der Waals surface area (Å²) in [4.78, 5) is 42.4. The van der Waals surface area contributed by atoms with Crippen LogP contribution in [0.15, 0.2) is 34.2 Å². The number of nitrogens with zero attached hydrogens (tertiary/aromatic N) is 2. The number of imide groups is 1.